The van der Waals surface area contributed by atoms with Crippen molar-refractivity contribution in [3.63, 3.8) is 0 Å². The Morgan fingerprint density at radius 2 is 2.05 bits per heavy atom. The fourth-order valence-corrected chi connectivity index (χ4v) is 1.41. The number of aliphatic hydroxyl groups excluding tert-OH is 1. The van der Waals surface area contributed by atoms with E-state index in [-0.39, 0.29) is 30.7 Å². The topological polar surface area (TPSA) is 73.7 Å². The molecule has 1 heterocycles. The second-order valence-electron chi connectivity index (χ2n) is 4.31. The molecule has 0 aliphatic carbocycles. The van der Waals surface area contributed by atoms with Gasteiger partial charge in [0.2, 0.25) is 5.91 Å². The van der Waals surface area contributed by atoms with E-state index in [4.69, 9.17) is 5.11 Å². The molecular weight excluding hydrogens is 258 g/mol. The van der Waals surface area contributed by atoms with Crippen LogP contribution in [0.2, 0.25) is 0 Å². The van der Waals surface area contributed by atoms with E-state index in [2.05, 4.69) is 16.8 Å². The van der Waals surface area contributed by atoms with Gasteiger partial charge in [-0.05, 0) is 12.1 Å². The van der Waals surface area contributed by atoms with Gasteiger partial charge in [0.15, 0.2) is 0 Å². The van der Waals surface area contributed by atoms with Crippen molar-refractivity contribution in [3.05, 3.63) is 29.6 Å². The fourth-order valence-electron chi connectivity index (χ4n) is 1.41. The zero-order chi connectivity index (χ0) is 15.1. The molecule has 6 heteroatoms. The average Bonchev–Trinajstić information content (AvgIpc) is 2.44. The molecule has 0 aromatic carbocycles. The Morgan fingerprint density at radius 1 is 1.35 bits per heavy atom. The predicted octanol–water partition coefficient (Wildman–Crippen LogP) is -0.414. The number of pyridine rings is 1. The zero-order valence-electron chi connectivity index (χ0n) is 11.8. The van der Waals surface area contributed by atoms with Crippen LogP contribution >= 0.6 is 0 Å². The first kappa shape index (κ1) is 15.7. The summed E-state index contributed by atoms with van der Waals surface area (Å²) in [6, 6.07) is 3.30. The molecule has 0 spiro atoms. The SMILES string of the molecule is CN(C)C(=O)CN(C)C(=O)c1ncccc1C#CCO. The van der Waals surface area contributed by atoms with E-state index >= 15 is 0 Å². The van der Waals surface area contributed by atoms with Gasteiger partial charge in [0.1, 0.15) is 12.3 Å². The Balaban J connectivity index is 2.94. The van der Waals surface area contributed by atoms with Crippen LogP contribution in [0.3, 0.4) is 0 Å². The third-order valence-corrected chi connectivity index (χ3v) is 2.53. The molecule has 0 fully saturated rings. The Bertz CT molecular complexity index is 558. The Morgan fingerprint density at radius 3 is 2.65 bits per heavy atom. The third kappa shape index (κ3) is 4.07. The van der Waals surface area contributed by atoms with Crippen LogP contribution in [0.1, 0.15) is 16.1 Å². The summed E-state index contributed by atoms with van der Waals surface area (Å²) in [6.45, 7) is -0.327. The number of carbonyl (C=O) groups excluding carboxylic acids is 2. The molecule has 2 amide bonds. The highest BCUT2D eigenvalue weighted by atomic mass is 16.2. The molecule has 0 saturated heterocycles. The van der Waals surface area contributed by atoms with Crippen molar-refractivity contribution in [2.75, 3.05) is 34.3 Å². The van der Waals surface area contributed by atoms with Gasteiger partial charge in [-0.15, -0.1) is 0 Å². The van der Waals surface area contributed by atoms with Gasteiger partial charge in [0.05, 0.1) is 12.1 Å². The van der Waals surface area contributed by atoms with Gasteiger partial charge >= 0.3 is 0 Å². The summed E-state index contributed by atoms with van der Waals surface area (Å²) in [5, 5.41) is 8.71. The van der Waals surface area contributed by atoms with Gasteiger partial charge in [-0.1, -0.05) is 11.8 Å². The largest absolute Gasteiger partial charge is 0.384 e. The molecule has 0 bridgehead atoms. The fraction of sp³-hybridized carbons (Fsp3) is 0.357. The number of carbonyl (C=O) groups is 2. The van der Waals surface area contributed by atoms with Crippen LogP contribution < -0.4 is 0 Å². The van der Waals surface area contributed by atoms with Crippen LogP contribution in [0.5, 0.6) is 0 Å². The lowest BCUT2D eigenvalue weighted by molar-refractivity contribution is -0.129. The number of hydrogen-bond donors (Lipinski definition) is 1. The van der Waals surface area contributed by atoms with Crippen molar-refractivity contribution in [1.82, 2.24) is 14.8 Å². The van der Waals surface area contributed by atoms with Crippen molar-refractivity contribution in [2.45, 2.75) is 0 Å². The van der Waals surface area contributed by atoms with Crippen molar-refractivity contribution >= 4 is 11.8 Å². The first-order valence-electron chi connectivity index (χ1n) is 5.97. The quantitative estimate of drug-likeness (QED) is 0.761. The van der Waals surface area contributed by atoms with Crippen LogP contribution in [-0.2, 0) is 4.79 Å². The smallest absolute Gasteiger partial charge is 0.273 e. The summed E-state index contributed by atoms with van der Waals surface area (Å²) in [5.41, 5.74) is 0.596. The molecule has 106 valence electrons. The second kappa shape index (κ2) is 7.26. The number of aromatic nitrogens is 1. The third-order valence-electron chi connectivity index (χ3n) is 2.53. The van der Waals surface area contributed by atoms with Crippen molar-refractivity contribution in [3.8, 4) is 11.8 Å². The first-order valence-corrected chi connectivity index (χ1v) is 5.97. The summed E-state index contributed by atoms with van der Waals surface area (Å²) >= 11 is 0. The monoisotopic (exact) mass is 275 g/mol. The molecule has 0 saturated carbocycles. The van der Waals surface area contributed by atoms with E-state index in [1.165, 1.54) is 23.0 Å². The van der Waals surface area contributed by atoms with Crippen molar-refractivity contribution < 1.29 is 14.7 Å². The second-order valence-corrected chi connectivity index (χ2v) is 4.31. The van der Waals surface area contributed by atoms with E-state index in [9.17, 15) is 9.59 Å². The lowest BCUT2D eigenvalue weighted by Crippen LogP contribution is -2.38. The molecule has 0 aliphatic rings. The van der Waals surface area contributed by atoms with Gasteiger partial charge in [-0.2, -0.15) is 0 Å². The van der Waals surface area contributed by atoms with Crippen LogP contribution in [-0.4, -0.2) is 66.0 Å². The minimum absolute atomic E-state index is 0.0325. The average molecular weight is 275 g/mol. The molecule has 0 unspecified atom stereocenters. The van der Waals surface area contributed by atoms with E-state index in [1.807, 2.05) is 0 Å². The molecule has 1 N–H and O–H groups in total. The zero-order valence-corrected chi connectivity index (χ0v) is 11.8. The minimum atomic E-state index is -0.386. The molecule has 1 rings (SSSR count). The van der Waals surface area contributed by atoms with Crippen molar-refractivity contribution in [2.24, 2.45) is 0 Å². The van der Waals surface area contributed by atoms with E-state index in [1.54, 1.807) is 26.2 Å². The maximum atomic E-state index is 12.2. The normalized spacial score (nSPS) is 9.40. The van der Waals surface area contributed by atoms with Crippen LogP contribution in [0.15, 0.2) is 18.3 Å². The standard InChI is InChI=1S/C14H17N3O3/c1-16(2)12(19)10-17(3)14(20)13-11(7-5-9-18)6-4-8-15-13/h4,6,8,18H,9-10H2,1-3H3. The Labute approximate surface area is 118 Å². The van der Waals surface area contributed by atoms with Gasteiger partial charge in [0.25, 0.3) is 5.91 Å². The number of aliphatic hydroxyl groups is 1. The minimum Gasteiger partial charge on any atom is -0.384 e. The van der Waals surface area contributed by atoms with Gasteiger partial charge in [-0.3, -0.25) is 9.59 Å². The molecule has 6 nitrogen and oxygen atoms in total. The maximum absolute atomic E-state index is 12.2. The molecule has 0 atom stereocenters. The molecule has 1 aromatic rings. The molecule has 20 heavy (non-hydrogen) atoms. The predicted molar refractivity (Wildman–Crippen MR) is 73.9 cm³/mol. The number of likely N-dealkylation sites (N-methyl/N-ethyl adjacent to an activating group) is 2. The highest BCUT2D eigenvalue weighted by Gasteiger charge is 2.19. The van der Waals surface area contributed by atoms with Gasteiger partial charge < -0.3 is 14.9 Å². The summed E-state index contributed by atoms with van der Waals surface area (Å²) in [4.78, 5) is 30.5. The maximum Gasteiger partial charge on any atom is 0.273 e. The highest BCUT2D eigenvalue weighted by Crippen LogP contribution is 2.07. The number of amides is 2. The molecule has 0 aliphatic heterocycles. The summed E-state index contributed by atoms with van der Waals surface area (Å²) < 4.78 is 0. The van der Waals surface area contributed by atoms with Gasteiger partial charge in [-0.25, -0.2) is 4.98 Å². The van der Waals surface area contributed by atoms with Crippen LogP contribution in [0.4, 0.5) is 0 Å². The summed E-state index contributed by atoms with van der Waals surface area (Å²) in [6.07, 6.45) is 1.49. The Hall–Kier alpha value is -2.39. The number of hydrogen-bond acceptors (Lipinski definition) is 4. The molecule has 0 radical (unpaired) electrons. The van der Waals surface area contributed by atoms with Gasteiger partial charge in [0, 0.05) is 27.3 Å². The lowest BCUT2D eigenvalue weighted by atomic mass is 10.2. The van der Waals surface area contributed by atoms with Crippen LogP contribution in [0, 0.1) is 11.8 Å². The van der Waals surface area contributed by atoms with Crippen LogP contribution in [0.25, 0.3) is 0 Å². The summed E-state index contributed by atoms with van der Waals surface area (Å²) in [5.74, 6) is 4.58. The Kier molecular flexibility index (Phi) is 5.69. The van der Waals surface area contributed by atoms with E-state index in [0.717, 1.165) is 0 Å². The van der Waals surface area contributed by atoms with E-state index < -0.39 is 0 Å². The summed E-state index contributed by atoms with van der Waals surface area (Å²) in [7, 11) is 4.78. The van der Waals surface area contributed by atoms with E-state index in [0.29, 0.717) is 5.56 Å². The molecular formula is C14H17N3O3. The highest BCUT2D eigenvalue weighted by molar-refractivity contribution is 5.96. The number of nitrogens with zero attached hydrogens (tertiary/aromatic N) is 3. The number of rotatable bonds is 3. The molecule has 1 aromatic heterocycles. The lowest BCUT2D eigenvalue weighted by Gasteiger charge is -2.19. The first-order chi connectivity index (χ1) is 9.47. The van der Waals surface area contributed by atoms with Crippen molar-refractivity contribution in [1.29, 1.82) is 0 Å².